The number of rotatable bonds is 6. The highest BCUT2D eigenvalue weighted by molar-refractivity contribution is 6.20. The maximum atomic E-state index is 14.8. The molecule has 2 aliphatic heterocycles. The summed E-state index contributed by atoms with van der Waals surface area (Å²) in [7, 11) is 0. The molecular weight excluding hydrogens is 957 g/mol. The van der Waals surface area contributed by atoms with E-state index in [1.54, 1.807) is 12.1 Å². The van der Waals surface area contributed by atoms with Crippen LogP contribution in [0, 0.1) is 0 Å². The molecule has 18 heteroatoms. The van der Waals surface area contributed by atoms with Crippen LogP contribution in [-0.4, -0.2) is 167 Å². The van der Waals surface area contributed by atoms with Crippen molar-refractivity contribution in [3.8, 4) is 22.3 Å². The Morgan fingerprint density at radius 1 is 0.338 bits per heavy atom. The van der Waals surface area contributed by atoms with Crippen molar-refractivity contribution in [3.05, 3.63) is 126 Å². The van der Waals surface area contributed by atoms with E-state index < -0.39 is 34.4 Å². The standard InChI is InChI=1S/C56H64N2O16/c59-53-47-33-41-32-46-42(31-45(41)49(39-7-3-1-4-8-39)51(47)55(61)57(53)35-43-37-71-25-23-67-17-15-63-11-13-65-19-21-69-27-29-73-43)34-48-52(50(46)40-9-5-2-6-10-40)56(62)58(54(48)60)36-44-38-72-26-24-68-18-16-64-12-14-66-20-22-70-28-30-74-44/h1-10,31-34,43-44H,11-30,35-38H2. The summed E-state index contributed by atoms with van der Waals surface area (Å²) < 4.78 is 71.8. The monoisotopic (exact) mass is 1020 g/mol. The van der Waals surface area contributed by atoms with E-state index in [1.165, 1.54) is 9.13 Å². The minimum atomic E-state index is -0.677. The molecule has 2 aliphatic rings. The zero-order valence-corrected chi connectivity index (χ0v) is 41.6. The van der Waals surface area contributed by atoms with E-state index in [2.05, 4.69) is 0 Å². The quantitative estimate of drug-likeness (QED) is 0.211. The summed E-state index contributed by atoms with van der Waals surface area (Å²) in [4.78, 5) is 59.0. The third-order valence-electron chi connectivity index (χ3n) is 12.9. The van der Waals surface area contributed by atoms with Gasteiger partial charge in [0.25, 0.3) is 22.2 Å². The van der Waals surface area contributed by atoms with E-state index >= 15 is 0 Å². The number of ether oxygens (including phenoxy) is 12. The number of aromatic nitrogens is 2. The first-order valence-electron chi connectivity index (χ1n) is 25.4. The first kappa shape index (κ1) is 53.3. The van der Waals surface area contributed by atoms with Gasteiger partial charge in [0, 0.05) is 11.1 Å². The van der Waals surface area contributed by atoms with Crippen LogP contribution in [0.15, 0.2) is 104 Å². The minimum absolute atomic E-state index is 0.0756. The summed E-state index contributed by atoms with van der Waals surface area (Å²) >= 11 is 0. The smallest absolute Gasteiger partial charge is 0.262 e. The van der Waals surface area contributed by atoms with Gasteiger partial charge in [0.05, 0.1) is 192 Å². The normalized spacial score (nSPS) is 20.3. The third kappa shape index (κ3) is 13.3. The molecule has 2 fully saturated rings. The van der Waals surface area contributed by atoms with Crippen molar-refractivity contribution in [1.29, 1.82) is 0 Å². The number of benzene rings is 5. The van der Waals surface area contributed by atoms with Crippen LogP contribution in [0.2, 0.25) is 0 Å². The van der Waals surface area contributed by atoms with Crippen molar-refractivity contribution >= 4 is 43.1 Å². The predicted octanol–water partition coefficient (Wildman–Crippen LogP) is 4.52. The fraction of sp³-hybridized carbons (Fsp3) is 0.464. The van der Waals surface area contributed by atoms with Gasteiger partial charge in [0.15, 0.2) is 0 Å². The van der Waals surface area contributed by atoms with Crippen LogP contribution in [0.1, 0.15) is 0 Å². The molecular formula is C56H64N2O16. The van der Waals surface area contributed by atoms with E-state index in [1.807, 2.05) is 72.8 Å². The van der Waals surface area contributed by atoms with Crippen molar-refractivity contribution in [2.24, 2.45) is 0 Å². The molecule has 18 nitrogen and oxygen atoms in total. The second kappa shape index (κ2) is 27.3. The summed E-state index contributed by atoms with van der Waals surface area (Å²) in [5.74, 6) is 0. The van der Waals surface area contributed by atoms with Gasteiger partial charge in [-0.1, -0.05) is 60.7 Å². The molecule has 0 saturated carbocycles. The summed E-state index contributed by atoms with van der Waals surface area (Å²) in [6.45, 7) is 7.13. The topological polar surface area (TPSA) is 189 Å². The lowest BCUT2D eigenvalue weighted by Gasteiger charge is -2.18. The van der Waals surface area contributed by atoms with Crippen LogP contribution in [0.25, 0.3) is 65.3 Å². The van der Waals surface area contributed by atoms with E-state index in [4.69, 9.17) is 56.8 Å². The lowest BCUT2D eigenvalue weighted by molar-refractivity contribution is -0.0648. The highest BCUT2D eigenvalue weighted by Gasteiger charge is 2.26. The van der Waals surface area contributed by atoms with Gasteiger partial charge in [-0.2, -0.15) is 0 Å². The van der Waals surface area contributed by atoms with Gasteiger partial charge in [0.2, 0.25) is 0 Å². The van der Waals surface area contributed by atoms with Gasteiger partial charge in [-0.15, -0.1) is 0 Å². The molecule has 394 valence electrons. The molecule has 4 heterocycles. The highest BCUT2D eigenvalue weighted by atomic mass is 16.6. The highest BCUT2D eigenvalue weighted by Crippen LogP contribution is 2.41. The largest absolute Gasteiger partial charge is 0.377 e. The molecule has 0 aliphatic carbocycles. The first-order valence-corrected chi connectivity index (χ1v) is 25.4. The van der Waals surface area contributed by atoms with Crippen molar-refractivity contribution in [2.45, 2.75) is 25.3 Å². The molecule has 5 aromatic carbocycles. The molecule has 2 unspecified atom stereocenters. The van der Waals surface area contributed by atoms with Crippen LogP contribution >= 0.6 is 0 Å². The van der Waals surface area contributed by atoms with E-state index in [9.17, 15) is 19.2 Å². The molecule has 0 N–H and O–H groups in total. The number of fused-ring (bicyclic) bond motifs is 4. The van der Waals surface area contributed by atoms with Crippen LogP contribution in [-0.2, 0) is 69.9 Å². The Morgan fingerprint density at radius 3 is 0.946 bits per heavy atom. The van der Waals surface area contributed by atoms with Crippen LogP contribution in [0.4, 0.5) is 0 Å². The van der Waals surface area contributed by atoms with Gasteiger partial charge < -0.3 is 56.8 Å². The average Bonchev–Trinajstić information content (AvgIpc) is 3.80. The maximum absolute atomic E-state index is 14.8. The van der Waals surface area contributed by atoms with Gasteiger partial charge in [0.1, 0.15) is 0 Å². The van der Waals surface area contributed by atoms with Crippen molar-refractivity contribution in [1.82, 2.24) is 9.13 Å². The molecule has 0 radical (unpaired) electrons. The number of nitrogens with zero attached hydrogens (tertiary/aromatic N) is 2. The molecule has 7 aromatic rings. The molecule has 0 bridgehead atoms. The Morgan fingerprint density at radius 2 is 0.622 bits per heavy atom. The lowest BCUT2D eigenvalue weighted by atomic mass is 9.88. The van der Waals surface area contributed by atoms with Gasteiger partial charge in [-0.25, -0.2) is 0 Å². The van der Waals surface area contributed by atoms with E-state index in [0.29, 0.717) is 125 Å². The second-order valence-corrected chi connectivity index (χ2v) is 17.9. The minimum Gasteiger partial charge on any atom is -0.377 e. The van der Waals surface area contributed by atoms with Crippen LogP contribution < -0.4 is 22.2 Å². The Balaban J connectivity index is 1.10. The average molecular weight is 1020 g/mol. The Kier molecular flexibility index (Phi) is 19.6. The zero-order chi connectivity index (χ0) is 50.9. The van der Waals surface area contributed by atoms with E-state index in [-0.39, 0.29) is 87.5 Å². The molecule has 9 rings (SSSR count). The lowest BCUT2D eigenvalue weighted by Crippen LogP contribution is -2.36. The van der Waals surface area contributed by atoms with Gasteiger partial charge >= 0.3 is 0 Å². The number of hydrogen-bond donors (Lipinski definition) is 0. The van der Waals surface area contributed by atoms with Crippen LogP contribution in [0.5, 0.6) is 0 Å². The Hall–Kier alpha value is -5.58. The number of hydrogen-bond acceptors (Lipinski definition) is 16. The van der Waals surface area contributed by atoms with Crippen LogP contribution in [0.3, 0.4) is 0 Å². The Labute approximate surface area is 427 Å². The Bertz CT molecular complexity index is 2870. The molecule has 0 spiro atoms. The summed E-state index contributed by atoms with van der Waals surface area (Å²) in [5.41, 5.74) is 0.717. The van der Waals surface area contributed by atoms with Gasteiger partial charge in [-0.05, 0) is 56.9 Å². The molecule has 2 aromatic heterocycles. The van der Waals surface area contributed by atoms with Crippen molar-refractivity contribution < 1.29 is 56.8 Å². The molecule has 2 atom stereocenters. The second-order valence-electron chi connectivity index (χ2n) is 17.9. The fourth-order valence-electron chi connectivity index (χ4n) is 9.42. The van der Waals surface area contributed by atoms with Gasteiger partial charge in [-0.3, -0.25) is 28.3 Å². The first-order chi connectivity index (χ1) is 36.5. The summed E-state index contributed by atoms with van der Waals surface area (Å²) in [5, 5.41) is 3.71. The fourth-order valence-corrected chi connectivity index (χ4v) is 9.42. The third-order valence-corrected chi connectivity index (χ3v) is 12.9. The maximum Gasteiger partial charge on any atom is 0.262 e. The van der Waals surface area contributed by atoms with Crippen molar-refractivity contribution in [3.63, 3.8) is 0 Å². The van der Waals surface area contributed by atoms with E-state index in [0.717, 1.165) is 11.1 Å². The predicted molar refractivity (Wildman–Crippen MR) is 278 cm³/mol. The molecule has 74 heavy (non-hydrogen) atoms. The zero-order valence-electron chi connectivity index (χ0n) is 41.6. The summed E-state index contributed by atoms with van der Waals surface area (Å²) in [6, 6.07) is 26.3. The SMILES string of the molecule is O=c1c2cc3cc4c(-c5ccccc5)c5c(=O)n(CC6COCCOCCOCCOCCOCCO6)c(=O)c5cc4cc3c(-c3ccccc3)c2c(=O)n1CC1COCCOCCOCCOCCOCCO1. The summed E-state index contributed by atoms with van der Waals surface area (Å²) in [6.07, 6.45) is -1.35. The van der Waals surface area contributed by atoms with Crippen molar-refractivity contribution in [2.75, 3.05) is 145 Å². The molecule has 2 saturated heterocycles. The molecule has 0 amide bonds.